The van der Waals surface area contributed by atoms with Crippen LogP contribution in [0.1, 0.15) is 25.0 Å². The monoisotopic (exact) mass is 491 g/mol. The van der Waals surface area contributed by atoms with Gasteiger partial charge in [-0.3, -0.25) is 10.1 Å². The molecule has 0 saturated heterocycles. The van der Waals surface area contributed by atoms with Crippen LogP contribution in [0.25, 0.3) is 0 Å². The third kappa shape index (κ3) is 12.3. The van der Waals surface area contributed by atoms with E-state index in [4.69, 9.17) is 16.4 Å². The predicted octanol–water partition coefficient (Wildman–Crippen LogP) is 2.85. The van der Waals surface area contributed by atoms with Crippen molar-refractivity contribution >= 4 is 41.1 Å². The summed E-state index contributed by atoms with van der Waals surface area (Å²) < 4.78 is 46.9. The van der Waals surface area contributed by atoms with Crippen LogP contribution >= 0.6 is 10.7 Å². The molecule has 0 aromatic heterocycles. The van der Waals surface area contributed by atoms with Gasteiger partial charge in [-0.1, -0.05) is 24.3 Å². The number of nitrogens with one attached hydrogen (secondary N) is 1. The molecular formula is C19H26ClN3O6S2. The van der Waals surface area contributed by atoms with Gasteiger partial charge in [-0.25, -0.2) is 21.6 Å². The minimum absolute atomic E-state index is 0.0209. The number of aryl methyl sites for hydroxylation is 2. The highest BCUT2D eigenvalue weighted by atomic mass is 35.7. The van der Waals surface area contributed by atoms with E-state index < -0.39 is 24.0 Å². The van der Waals surface area contributed by atoms with E-state index in [0.717, 1.165) is 5.56 Å². The first kappa shape index (κ1) is 26.8. The molecule has 0 unspecified atom stereocenters. The van der Waals surface area contributed by atoms with Crippen LogP contribution in [0.4, 0.5) is 11.4 Å². The Balaban J connectivity index is 0.000000311. The summed E-state index contributed by atoms with van der Waals surface area (Å²) in [5, 5.41) is 10.3. The maximum absolute atomic E-state index is 11.5. The van der Waals surface area contributed by atoms with E-state index in [1.807, 2.05) is 12.1 Å². The topological polar surface area (TPSA) is 149 Å². The van der Waals surface area contributed by atoms with Gasteiger partial charge in [0.15, 0.2) is 0 Å². The molecule has 0 saturated carbocycles. The van der Waals surface area contributed by atoms with Gasteiger partial charge in [-0.05, 0) is 49.9 Å². The van der Waals surface area contributed by atoms with Crippen molar-refractivity contribution in [3.63, 3.8) is 0 Å². The van der Waals surface area contributed by atoms with Crippen molar-refractivity contribution in [2.45, 2.75) is 32.7 Å². The zero-order chi connectivity index (χ0) is 23.7. The number of nitro groups is 1. The first-order chi connectivity index (χ1) is 14.3. The van der Waals surface area contributed by atoms with Crippen LogP contribution in [0.5, 0.6) is 0 Å². The average Bonchev–Trinajstić information content (AvgIpc) is 2.65. The minimum atomic E-state index is -3.51. The molecule has 172 valence electrons. The number of halogens is 1. The smallest absolute Gasteiger partial charge is 0.269 e. The lowest BCUT2D eigenvalue weighted by Crippen LogP contribution is -2.32. The molecule has 0 amide bonds. The van der Waals surface area contributed by atoms with Crippen LogP contribution in [-0.4, -0.2) is 39.3 Å². The SMILES string of the molecule is CC(C)NS(=O)(=O)CCc1ccc(N)cc1.O=[N+]([O-])c1ccc(CCS(=O)(=O)Cl)cc1. The summed E-state index contributed by atoms with van der Waals surface area (Å²) >= 11 is 0. The largest absolute Gasteiger partial charge is 0.399 e. The molecule has 9 nitrogen and oxygen atoms in total. The van der Waals surface area contributed by atoms with Gasteiger partial charge in [0, 0.05) is 34.5 Å². The summed E-state index contributed by atoms with van der Waals surface area (Å²) in [5.74, 6) is -0.0680. The Bertz CT molecular complexity index is 1050. The number of benzene rings is 2. The average molecular weight is 492 g/mol. The minimum Gasteiger partial charge on any atom is -0.399 e. The molecule has 2 aromatic rings. The third-order valence-electron chi connectivity index (χ3n) is 3.84. The number of nitrogens with two attached hydrogens (primary N) is 1. The quantitative estimate of drug-likeness (QED) is 0.237. The highest BCUT2D eigenvalue weighted by molar-refractivity contribution is 8.13. The zero-order valence-corrected chi connectivity index (χ0v) is 19.6. The van der Waals surface area contributed by atoms with Crippen LogP contribution in [-0.2, 0) is 31.9 Å². The predicted molar refractivity (Wildman–Crippen MR) is 123 cm³/mol. The molecule has 0 atom stereocenters. The Morgan fingerprint density at radius 3 is 1.81 bits per heavy atom. The Labute approximate surface area is 187 Å². The number of non-ortho nitro benzene ring substituents is 1. The van der Waals surface area contributed by atoms with Gasteiger partial charge in [0.1, 0.15) is 0 Å². The van der Waals surface area contributed by atoms with Crippen molar-refractivity contribution in [3.8, 4) is 0 Å². The van der Waals surface area contributed by atoms with E-state index >= 15 is 0 Å². The van der Waals surface area contributed by atoms with Crippen LogP contribution in [0.3, 0.4) is 0 Å². The molecule has 2 aromatic carbocycles. The molecule has 0 aliphatic rings. The van der Waals surface area contributed by atoms with Crippen LogP contribution < -0.4 is 10.5 Å². The van der Waals surface area contributed by atoms with Crippen molar-refractivity contribution in [1.29, 1.82) is 0 Å². The van der Waals surface area contributed by atoms with E-state index in [2.05, 4.69) is 4.72 Å². The van der Waals surface area contributed by atoms with Gasteiger partial charge in [0.2, 0.25) is 19.1 Å². The van der Waals surface area contributed by atoms with Crippen molar-refractivity contribution in [3.05, 3.63) is 69.8 Å². The Hall–Kier alpha value is -2.21. The Morgan fingerprint density at radius 2 is 1.39 bits per heavy atom. The van der Waals surface area contributed by atoms with E-state index in [1.54, 1.807) is 26.0 Å². The first-order valence-electron chi connectivity index (χ1n) is 9.27. The molecule has 0 aliphatic carbocycles. The lowest BCUT2D eigenvalue weighted by atomic mass is 10.1. The van der Waals surface area contributed by atoms with Crippen LogP contribution in [0, 0.1) is 10.1 Å². The number of nitrogen functional groups attached to an aromatic ring is 1. The molecular weight excluding hydrogens is 466 g/mol. The van der Waals surface area contributed by atoms with E-state index in [0.29, 0.717) is 17.7 Å². The van der Waals surface area contributed by atoms with Crippen molar-refractivity contribution in [2.24, 2.45) is 0 Å². The molecule has 0 radical (unpaired) electrons. The molecule has 0 aliphatic heterocycles. The summed E-state index contributed by atoms with van der Waals surface area (Å²) in [6.07, 6.45) is 0.756. The molecule has 31 heavy (non-hydrogen) atoms. The van der Waals surface area contributed by atoms with Gasteiger partial charge >= 0.3 is 0 Å². The normalized spacial score (nSPS) is 11.6. The highest BCUT2D eigenvalue weighted by Gasteiger charge is 2.11. The summed E-state index contributed by atoms with van der Waals surface area (Å²) in [6.45, 7) is 3.61. The van der Waals surface area contributed by atoms with Crippen LogP contribution in [0.15, 0.2) is 48.5 Å². The second-order valence-corrected chi connectivity index (χ2v) is 11.8. The molecule has 0 spiro atoms. The zero-order valence-electron chi connectivity index (χ0n) is 17.2. The molecule has 0 fully saturated rings. The van der Waals surface area contributed by atoms with Crippen molar-refractivity contribution in [2.75, 3.05) is 17.2 Å². The van der Waals surface area contributed by atoms with Crippen molar-refractivity contribution in [1.82, 2.24) is 4.72 Å². The molecule has 2 rings (SSSR count). The highest BCUT2D eigenvalue weighted by Crippen LogP contribution is 2.13. The number of hydrogen-bond acceptors (Lipinski definition) is 7. The number of sulfonamides is 1. The summed E-state index contributed by atoms with van der Waals surface area (Å²) in [5.41, 5.74) is 7.88. The van der Waals surface area contributed by atoms with Gasteiger partial charge in [-0.2, -0.15) is 0 Å². The second kappa shape index (κ2) is 12.0. The number of hydrogen-bond donors (Lipinski definition) is 2. The first-order valence-corrected chi connectivity index (χ1v) is 13.4. The fraction of sp³-hybridized carbons (Fsp3) is 0.368. The standard InChI is InChI=1S/C11H18N2O2S.C8H8ClNO4S/c1-9(2)13-16(14,15)8-7-10-3-5-11(12)6-4-10;9-15(13,14)6-5-7-1-3-8(4-2-7)10(11)12/h3-6,9,13H,7-8,12H2,1-2H3;1-4H,5-6H2. The van der Waals surface area contributed by atoms with Gasteiger partial charge in [0.05, 0.1) is 16.4 Å². The maximum Gasteiger partial charge on any atom is 0.269 e. The molecule has 0 bridgehead atoms. The lowest BCUT2D eigenvalue weighted by molar-refractivity contribution is -0.384. The molecule has 12 heteroatoms. The number of nitro benzene ring substituents is 1. The third-order valence-corrected chi connectivity index (χ3v) is 6.56. The summed E-state index contributed by atoms with van der Waals surface area (Å²) in [7, 11) is -1.65. The maximum atomic E-state index is 11.5. The van der Waals surface area contributed by atoms with Crippen LogP contribution in [0.2, 0.25) is 0 Å². The fourth-order valence-corrected chi connectivity index (χ4v) is 4.43. The fourth-order valence-electron chi connectivity index (χ4n) is 2.38. The second-order valence-electron chi connectivity index (χ2n) is 7.00. The number of nitrogens with zero attached hydrogens (tertiary/aromatic N) is 1. The molecule has 3 N–H and O–H groups in total. The Kier molecular flexibility index (Phi) is 10.4. The van der Waals surface area contributed by atoms with Crippen molar-refractivity contribution < 1.29 is 21.8 Å². The van der Waals surface area contributed by atoms with Gasteiger partial charge in [-0.15, -0.1) is 0 Å². The number of anilines is 1. The van der Waals surface area contributed by atoms with Gasteiger partial charge < -0.3 is 5.73 Å². The summed E-state index contributed by atoms with van der Waals surface area (Å²) in [4.78, 5) is 9.81. The Morgan fingerprint density at radius 1 is 0.935 bits per heavy atom. The van der Waals surface area contributed by atoms with Gasteiger partial charge in [0.25, 0.3) is 5.69 Å². The van der Waals surface area contributed by atoms with E-state index in [1.165, 1.54) is 24.3 Å². The van der Waals surface area contributed by atoms with E-state index in [-0.39, 0.29) is 29.7 Å². The molecule has 0 heterocycles. The number of rotatable bonds is 9. The van der Waals surface area contributed by atoms with E-state index in [9.17, 15) is 26.9 Å². The lowest BCUT2D eigenvalue weighted by Gasteiger charge is -2.09. The summed E-state index contributed by atoms with van der Waals surface area (Å²) in [6, 6.07) is 12.9.